The summed E-state index contributed by atoms with van der Waals surface area (Å²) >= 11 is 2.71. The van der Waals surface area contributed by atoms with E-state index in [1.165, 1.54) is 34.2 Å². The minimum Gasteiger partial charge on any atom is -0.229 e. The van der Waals surface area contributed by atoms with Crippen molar-refractivity contribution in [2.24, 2.45) is 0 Å². The molecule has 0 saturated heterocycles. The van der Waals surface area contributed by atoms with Crippen molar-refractivity contribution in [2.75, 3.05) is 6.26 Å². The van der Waals surface area contributed by atoms with Gasteiger partial charge in [0.1, 0.15) is 0 Å². The fourth-order valence-corrected chi connectivity index (χ4v) is 5.20. The molecular formula is C17H15N5O2S3. The molecule has 0 unspecified atom stereocenters. The van der Waals surface area contributed by atoms with E-state index in [9.17, 15) is 8.42 Å². The summed E-state index contributed by atoms with van der Waals surface area (Å²) in [6, 6.07) is 12.9. The van der Waals surface area contributed by atoms with Gasteiger partial charge < -0.3 is 0 Å². The number of nitrogens with zero attached hydrogens (tertiary/aromatic N) is 5. The average Bonchev–Trinajstić information content (AvgIpc) is 3.26. The Bertz CT molecular complexity index is 1230. The Morgan fingerprint density at radius 2 is 2.00 bits per heavy atom. The molecule has 27 heavy (non-hydrogen) atoms. The van der Waals surface area contributed by atoms with Gasteiger partial charge in [-0.25, -0.2) is 13.4 Å². The summed E-state index contributed by atoms with van der Waals surface area (Å²) in [6.45, 7) is 2.08. The summed E-state index contributed by atoms with van der Waals surface area (Å²) in [4.78, 5) is 6.33. The summed E-state index contributed by atoms with van der Waals surface area (Å²) in [6.07, 6.45) is 2.07. The van der Waals surface area contributed by atoms with Gasteiger partial charge in [0.05, 0.1) is 20.8 Å². The molecule has 0 aliphatic carbocycles. The van der Waals surface area contributed by atoms with Crippen LogP contribution in [-0.4, -0.2) is 39.9 Å². The lowest BCUT2D eigenvalue weighted by atomic mass is 10.1. The van der Waals surface area contributed by atoms with Crippen LogP contribution in [-0.2, 0) is 16.3 Å². The minimum atomic E-state index is -3.24. The van der Waals surface area contributed by atoms with Gasteiger partial charge in [-0.15, -0.1) is 26.3 Å². The molecule has 2 heterocycles. The van der Waals surface area contributed by atoms with E-state index in [4.69, 9.17) is 0 Å². The van der Waals surface area contributed by atoms with Crippen LogP contribution in [0.1, 0.15) is 12.5 Å². The first-order valence-electron chi connectivity index (χ1n) is 8.11. The summed E-state index contributed by atoms with van der Waals surface area (Å²) in [5.41, 5.74) is 2.79. The Kier molecular flexibility index (Phi) is 4.70. The van der Waals surface area contributed by atoms with Gasteiger partial charge >= 0.3 is 0 Å². The Labute approximate surface area is 164 Å². The van der Waals surface area contributed by atoms with Gasteiger partial charge in [-0.2, -0.15) is 0 Å². The maximum absolute atomic E-state index is 11.7. The number of hydrogen-bond donors (Lipinski definition) is 0. The minimum absolute atomic E-state index is 0.287. The monoisotopic (exact) mass is 417 g/mol. The highest BCUT2D eigenvalue weighted by Crippen LogP contribution is 2.33. The van der Waals surface area contributed by atoms with Crippen molar-refractivity contribution in [2.45, 2.75) is 27.7 Å². The van der Waals surface area contributed by atoms with Gasteiger partial charge in [0.2, 0.25) is 5.16 Å². The van der Waals surface area contributed by atoms with E-state index in [-0.39, 0.29) is 4.90 Å². The van der Waals surface area contributed by atoms with Crippen LogP contribution >= 0.6 is 23.1 Å². The second kappa shape index (κ2) is 7.02. The van der Waals surface area contributed by atoms with Crippen molar-refractivity contribution in [3.63, 3.8) is 0 Å². The third-order valence-corrected chi connectivity index (χ3v) is 6.97. The SMILES string of the molecule is CCc1ccccc1-n1nnc(Sc2nc3ccc(S(C)(=O)=O)cc3s2)n1. The molecule has 0 fully saturated rings. The molecular weight excluding hydrogens is 402 g/mol. The van der Waals surface area contributed by atoms with Gasteiger partial charge in [-0.3, -0.25) is 0 Å². The standard InChI is InChI=1S/C17H15N5O2S3/c1-3-11-6-4-5-7-14(11)22-20-16(19-21-22)26-17-18-13-9-8-12(27(2,23)24)10-15(13)25-17/h4-10H,3H2,1-2H3. The number of aromatic nitrogens is 5. The molecule has 10 heteroatoms. The molecule has 0 N–H and O–H groups in total. The third-order valence-electron chi connectivity index (χ3n) is 3.93. The molecule has 7 nitrogen and oxygen atoms in total. The molecule has 0 bridgehead atoms. The number of para-hydroxylation sites is 1. The first-order valence-corrected chi connectivity index (χ1v) is 11.6. The Balaban J connectivity index is 1.62. The Morgan fingerprint density at radius 1 is 1.19 bits per heavy atom. The van der Waals surface area contributed by atoms with Crippen molar-refractivity contribution in [1.29, 1.82) is 0 Å². The molecule has 138 valence electrons. The van der Waals surface area contributed by atoms with E-state index in [1.54, 1.807) is 18.2 Å². The molecule has 4 rings (SSSR count). The van der Waals surface area contributed by atoms with Gasteiger partial charge in [-0.05, 0) is 53.2 Å². The van der Waals surface area contributed by atoms with Crippen LogP contribution in [0.25, 0.3) is 15.9 Å². The van der Waals surface area contributed by atoms with Crippen molar-refractivity contribution in [1.82, 2.24) is 25.2 Å². The first-order chi connectivity index (χ1) is 12.9. The number of benzene rings is 2. The topological polar surface area (TPSA) is 90.6 Å². The molecule has 2 aromatic heterocycles. The first kappa shape index (κ1) is 18.1. The molecule has 4 aromatic rings. The van der Waals surface area contributed by atoms with Gasteiger partial charge in [0.15, 0.2) is 14.2 Å². The second-order valence-corrected chi connectivity index (χ2v) is 10.1. The molecule has 0 aliphatic rings. The van der Waals surface area contributed by atoms with Crippen LogP contribution in [0.5, 0.6) is 0 Å². The zero-order valence-electron chi connectivity index (χ0n) is 14.5. The molecule has 2 aromatic carbocycles. The number of rotatable bonds is 5. The molecule has 0 saturated carbocycles. The number of aryl methyl sites for hydroxylation is 1. The fourth-order valence-electron chi connectivity index (χ4n) is 2.59. The molecule has 0 spiro atoms. The summed E-state index contributed by atoms with van der Waals surface area (Å²) in [7, 11) is -3.24. The summed E-state index contributed by atoms with van der Waals surface area (Å²) in [5, 5.41) is 13.2. The fraction of sp³-hybridized carbons (Fsp3) is 0.176. The normalized spacial score (nSPS) is 11.9. The molecule has 0 atom stereocenters. The van der Waals surface area contributed by atoms with Crippen LogP contribution in [0.4, 0.5) is 0 Å². The Morgan fingerprint density at radius 3 is 2.78 bits per heavy atom. The van der Waals surface area contributed by atoms with Crippen molar-refractivity contribution in [3.8, 4) is 5.69 Å². The van der Waals surface area contributed by atoms with Gasteiger partial charge in [0, 0.05) is 6.26 Å². The predicted octanol–water partition coefficient (Wildman–Crippen LogP) is 3.39. The predicted molar refractivity (Wildman–Crippen MR) is 105 cm³/mol. The number of thiazole rings is 1. The highest BCUT2D eigenvalue weighted by atomic mass is 32.2. The highest BCUT2D eigenvalue weighted by Gasteiger charge is 2.14. The van der Waals surface area contributed by atoms with Crippen molar-refractivity contribution >= 4 is 43.2 Å². The van der Waals surface area contributed by atoms with E-state index in [1.807, 2.05) is 24.3 Å². The van der Waals surface area contributed by atoms with Crippen LogP contribution in [0.2, 0.25) is 0 Å². The van der Waals surface area contributed by atoms with Crippen molar-refractivity contribution in [3.05, 3.63) is 48.0 Å². The number of sulfone groups is 1. The zero-order valence-corrected chi connectivity index (χ0v) is 17.0. The lowest BCUT2D eigenvalue weighted by molar-refractivity contribution is 0.602. The lowest BCUT2D eigenvalue weighted by Gasteiger charge is -2.04. The van der Waals surface area contributed by atoms with Gasteiger partial charge in [-0.1, -0.05) is 25.1 Å². The third kappa shape index (κ3) is 3.73. The Hall–Kier alpha value is -2.30. The highest BCUT2D eigenvalue weighted by molar-refractivity contribution is 8.01. The van der Waals surface area contributed by atoms with Crippen LogP contribution in [0.3, 0.4) is 0 Å². The lowest BCUT2D eigenvalue weighted by Crippen LogP contribution is -2.02. The summed E-state index contributed by atoms with van der Waals surface area (Å²) in [5.74, 6) is 0. The van der Waals surface area contributed by atoms with Crippen molar-refractivity contribution < 1.29 is 8.42 Å². The number of hydrogen-bond acceptors (Lipinski definition) is 8. The quantitative estimate of drug-likeness (QED) is 0.491. The summed E-state index contributed by atoms with van der Waals surface area (Å²) < 4.78 is 25.0. The van der Waals surface area contributed by atoms with Crippen LogP contribution in [0, 0.1) is 0 Å². The maximum atomic E-state index is 11.7. The zero-order chi connectivity index (χ0) is 19.0. The van der Waals surface area contributed by atoms with Crippen LogP contribution < -0.4 is 0 Å². The van der Waals surface area contributed by atoms with E-state index in [2.05, 4.69) is 27.3 Å². The van der Waals surface area contributed by atoms with Gasteiger partial charge in [0.25, 0.3) is 0 Å². The molecule has 0 amide bonds. The van der Waals surface area contributed by atoms with E-state index in [0.717, 1.165) is 32.2 Å². The van der Waals surface area contributed by atoms with E-state index in [0.29, 0.717) is 5.16 Å². The van der Waals surface area contributed by atoms with E-state index >= 15 is 0 Å². The maximum Gasteiger partial charge on any atom is 0.238 e. The molecule has 0 radical (unpaired) electrons. The number of fused-ring (bicyclic) bond motifs is 1. The largest absolute Gasteiger partial charge is 0.238 e. The van der Waals surface area contributed by atoms with Crippen LogP contribution in [0.15, 0.2) is 56.9 Å². The second-order valence-electron chi connectivity index (χ2n) is 5.83. The average molecular weight is 418 g/mol. The molecule has 0 aliphatic heterocycles. The van der Waals surface area contributed by atoms with E-state index < -0.39 is 9.84 Å². The smallest absolute Gasteiger partial charge is 0.229 e. The number of tetrazole rings is 1.